The van der Waals surface area contributed by atoms with Crippen molar-refractivity contribution in [2.75, 3.05) is 13.1 Å². The van der Waals surface area contributed by atoms with Crippen molar-refractivity contribution in [1.82, 2.24) is 14.9 Å². The van der Waals surface area contributed by atoms with E-state index in [0.29, 0.717) is 0 Å². The van der Waals surface area contributed by atoms with Gasteiger partial charge in [0.05, 0.1) is 0 Å². The lowest BCUT2D eigenvalue weighted by Gasteiger charge is -2.36. The van der Waals surface area contributed by atoms with Crippen LogP contribution in [0.3, 0.4) is 0 Å². The smallest absolute Gasteiger partial charge is 0.108 e. The summed E-state index contributed by atoms with van der Waals surface area (Å²) in [7, 11) is 2.09. The predicted molar refractivity (Wildman–Crippen MR) is 66.3 cm³/mol. The van der Waals surface area contributed by atoms with Crippen LogP contribution in [0.15, 0.2) is 12.4 Å². The maximum Gasteiger partial charge on any atom is 0.108 e. The van der Waals surface area contributed by atoms with E-state index in [-0.39, 0.29) is 0 Å². The maximum atomic E-state index is 4.41. The Morgan fingerprint density at radius 3 is 2.81 bits per heavy atom. The molecule has 1 aliphatic rings. The summed E-state index contributed by atoms with van der Waals surface area (Å²) in [5, 5.41) is 3.53. The first-order chi connectivity index (χ1) is 7.81. The van der Waals surface area contributed by atoms with Crippen molar-refractivity contribution in [3.05, 3.63) is 18.2 Å². The number of nitrogens with zero attached hydrogens (tertiary/aromatic N) is 2. The van der Waals surface area contributed by atoms with Crippen molar-refractivity contribution >= 4 is 0 Å². The Morgan fingerprint density at radius 1 is 1.44 bits per heavy atom. The first kappa shape index (κ1) is 11.6. The van der Waals surface area contributed by atoms with Crippen LogP contribution >= 0.6 is 0 Å². The molecule has 0 aliphatic heterocycles. The molecule has 1 saturated carbocycles. The van der Waals surface area contributed by atoms with Gasteiger partial charge in [-0.05, 0) is 44.2 Å². The van der Waals surface area contributed by atoms with Crippen molar-refractivity contribution in [3.63, 3.8) is 0 Å². The highest BCUT2D eigenvalue weighted by Gasteiger charge is 2.31. The second-order valence-corrected chi connectivity index (χ2v) is 4.96. The normalized spacial score (nSPS) is 24.4. The first-order valence-corrected chi connectivity index (χ1v) is 6.48. The SMILES string of the molecule is CCCNCC1CCC1Cc1nccn1C. The van der Waals surface area contributed by atoms with Gasteiger partial charge in [0.1, 0.15) is 5.82 Å². The average Bonchev–Trinajstić information content (AvgIpc) is 2.65. The lowest BCUT2D eigenvalue weighted by Crippen LogP contribution is -2.37. The van der Waals surface area contributed by atoms with Crippen molar-refractivity contribution in [3.8, 4) is 0 Å². The van der Waals surface area contributed by atoms with Crippen LogP contribution in [0.4, 0.5) is 0 Å². The summed E-state index contributed by atoms with van der Waals surface area (Å²) < 4.78 is 2.15. The van der Waals surface area contributed by atoms with E-state index in [4.69, 9.17) is 0 Å². The van der Waals surface area contributed by atoms with Crippen LogP contribution in [0.25, 0.3) is 0 Å². The lowest BCUT2D eigenvalue weighted by atomic mass is 9.71. The van der Waals surface area contributed by atoms with Gasteiger partial charge in [0.2, 0.25) is 0 Å². The summed E-state index contributed by atoms with van der Waals surface area (Å²) in [4.78, 5) is 4.41. The lowest BCUT2D eigenvalue weighted by molar-refractivity contribution is 0.167. The second kappa shape index (κ2) is 5.48. The molecule has 1 fully saturated rings. The zero-order chi connectivity index (χ0) is 11.4. The third-order valence-corrected chi connectivity index (χ3v) is 3.77. The summed E-state index contributed by atoms with van der Waals surface area (Å²) in [6, 6.07) is 0. The number of nitrogens with one attached hydrogen (secondary N) is 1. The van der Waals surface area contributed by atoms with Crippen LogP contribution < -0.4 is 5.32 Å². The average molecular weight is 221 g/mol. The van der Waals surface area contributed by atoms with E-state index in [2.05, 4.69) is 28.8 Å². The molecule has 0 bridgehead atoms. The van der Waals surface area contributed by atoms with E-state index in [9.17, 15) is 0 Å². The van der Waals surface area contributed by atoms with Gasteiger partial charge in [-0.25, -0.2) is 4.98 Å². The van der Waals surface area contributed by atoms with Gasteiger partial charge in [-0.1, -0.05) is 6.92 Å². The first-order valence-electron chi connectivity index (χ1n) is 6.48. The molecular formula is C13H23N3. The van der Waals surface area contributed by atoms with Gasteiger partial charge < -0.3 is 9.88 Å². The second-order valence-electron chi connectivity index (χ2n) is 4.96. The monoisotopic (exact) mass is 221 g/mol. The van der Waals surface area contributed by atoms with Gasteiger partial charge in [0.25, 0.3) is 0 Å². The Kier molecular flexibility index (Phi) is 3.99. The predicted octanol–water partition coefficient (Wildman–Crippen LogP) is 1.99. The number of aromatic nitrogens is 2. The summed E-state index contributed by atoms with van der Waals surface area (Å²) in [6.07, 6.45) is 9.10. The number of hydrogen-bond donors (Lipinski definition) is 1. The molecule has 3 heteroatoms. The molecule has 1 N–H and O–H groups in total. The van der Waals surface area contributed by atoms with Crippen molar-refractivity contribution in [1.29, 1.82) is 0 Å². The highest BCUT2D eigenvalue weighted by Crippen LogP contribution is 2.35. The van der Waals surface area contributed by atoms with Crippen LogP contribution in [0, 0.1) is 11.8 Å². The molecule has 1 aromatic heterocycles. The Balaban J connectivity index is 1.76. The third-order valence-electron chi connectivity index (χ3n) is 3.77. The molecule has 2 unspecified atom stereocenters. The molecular weight excluding hydrogens is 198 g/mol. The zero-order valence-electron chi connectivity index (χ0n) is 10.4. The molecule has 0 amide bonds. The van der Waals surface area contributed by atoms with Gasteiger partial charge in [0.15, 0.2) is 0 Å². The highest BCUT2D eigenvalue weighted by molar-refractivity contribution is 4.96. The van der Waals surface area contributed by atoms with E-state index in [1.807, 2.05) is 12.4 Å². The quantitative estimate of drug-likeness (QED) is 0.745. The van der Waals surface area contributed by atoms with Gasteiger partial charge in [-0.2, -0.15) is 0 Å². The summed E-state index contributed by atoms with van der Waals surface area (Å²) >= 11 is 0. The molecule has 0 saturated heterocycles. The van der Waals surface area contributed by atoms with Crippen LogP contribution in [-0.2, 0) is 13.5 Å². The molecule has 1 aromatic rings. The molecule has 1 aliphatic carbocycles. The number of rotatable bonds is 6. The number of aryl methyl sites for hydroxylation is 1. The zero-order valence-corrected chi connectivity index (χ0v) is 10.4. The molecule has 1 heterocycles. The van der Waals surface area contributed by atoms with Gasteiger partial charge in [-0.15, -0.1) is 0 Å². The Labute approximate surface area is 98.3 Å². The van der Waals surface area contributed by atoms with Crippen LogP contribution in [-0.4, -0.2) is 22.6 Å². The van der Waals surface area contributed by atoms with Crippen LogP contribution in [0.5, 0.6) is 0 Å². The standard InChI is InChI=1S/C13H23N3/c1-3-6-14-10-12-5-4-11(12)9-13-15-7-8-16(13)2/h7-8,11-12,14H,3-6,9-10H2,1-2H3. The van der Waals surface area contributed by atoms with E-state index < -0.39 is 0 Å². The fourth-order valence-corrected chi connectivity index (χ4v) is 2.47. The molecule has 2 atom stereocenters. The molecule has 90 valence electrons. The minimum atomic E-state index is 0.852. The maximum absolute atomic E-state index is 4.41. The van der Waals surface area contributed by atoms with Crippen molar-refractivity contribution < 1.29 is 0 Å². The largest absolute Gasteiger partial charge is 0.338 e. The molecule has 3 nitrogen and oxygen atoms in total. The number of imidazole rings is 1. The Morgan fingerprint density at radius 2 is 2.25 bits per heavy atom. The van der Waals surface area contributed by atoms with E-state index >= 15 is 0 Å². The summed E-state index contributed by atoms with van der Waals surface area (Å²) in [5.41, 5.74) is 0. The molecule has 16 heavy (non-hydrogen) atoms. The Hall–Kier alpha value is -0.830. The van der Waals surface area contributed by atoms with Gasteiger partial charge in [0, 0.05) is 25.9 Å². The van der Waals surface area contributed by atoms with E-state index in [0.717, 1.165) is 24.8 Å². The third kappa shape index (κ3) is 2.64. The minimum absolute atomic E-state index is 0.852. The van der Waals surface area contributed by atoms with Crippen molar-refractivity contribution in [2.24, 2.45) is 18.9 Å². The molecule has 2 rings (SSSR count). The fourth-order valence-electron chi connectivity index (χ4n) is 2.47. The van der Waals surface area contributed by atoms with Gasteiger partial charge >= 0.3 is 0 Å². The van der Waals surface area contributed by atoms with E-state index in [1.165, 1.54) is 31.6 Å². The van der Waals surface area contributed by atoms with Crippen LogP contribution in [0.2, 0.25) is 0 Å². The van der Waals surface area contributed by atoms with Crippen molar-refractivity contribution in [2.45, 2.75) is 32.6 Å². The number of hydrogen-bond acceptors (Lipinski definition) is 2. The van der Waals surface area contributed by atoms with Crippen LogP contribution in [0.1, 0.15) is 32.0 Å². The summed E-state index contributed by atoms with van der Waals surface area (Å²) in [5.74, 6) is 2.97. The van der Waals surface area contributed by atoms with E-state index in [1.54, 1.807) is 0 Å². The Bertz CT molecular complexity index is 319. The van der Waals surface area contributed by atoms with Gasteiger partial charge in [-0.3, -0.25) is 0 Å². The summed E-state index contributed by atoms with van der Waals surface area (Å²) in [6.45, 7) is 4.58. The fraction of sp³-hybridized carbons (Fsp3) is 0.769. The molecule has 0 radical (unpaired) electrons. The molecule has 0 spiro atoms. The highest BCUT2D eigenvalue weighted by atomic mass is 15.0. The minimum Gasteiger partial charge on any atom is -0.338 e. The topological polar surface area (TPSA) is 29.9 Å². The molecule has 0 aromatic carbocycles.